The number of fused-ring (bicyclic) bond motifs is 1. The molecule has 2 aliphatic rings. The maximum Gasteiger partial charge on any atom is 0.0793 e. The lowest BCUT2D eigenvalue weighted by molar-refractivity contribution is 0.573. The summed E-state index contributed by atoms with van der Waals surface area (Å²) >= 11 is 0. The van der Waals surface area contributed by atoms with E-state index >= 15 is 0 Å². The topological polar surface area (TPSA) is 12.4 Å². The van der Waals surface area contributed by atoms with Crippen LogP contribution in [0.25, 0.3) is 0 Å². The minimum atomic E-state index is 0.597. The molecule has 0 aromatic rings. The fourth-order valence-corrected chi connectivity index (χ4v) is 1.07. The van der Waals surface area contributed by atoms with Crippen LogP contribution in [0.15, 0.2) is 16.6 Å². The van der Waals surface area contributed by atoms with Gasteiger partial charge in [0, 0.05) is 12.1 Å². The van der Waals surface area contributed by atoms with E-state index in [0.717, 1.165) is 5.92 Å². The third-order valence-corrected chi connectivity index (χ3v) is 1.75. The standard InChI is InChI=1S/C6H7N/c1-4-2-6-5(4)3-7-6/h2-3,5-6H,1H3. The summed E-state index contributed by atoms with van der Waals surface area (Å²) in [6.07, 6.45) is 4.24. The molecule has 0 saturated heterocycles. The molecule has 7 heavy (non-hydrogen) atoms. The Morgan fingerprint density at radius 3 is 2.57 bits per heavy atom. The van der Waals surface area contributed by atoms with Gasteiger partial charge in [0.05, 0.1) is 6.04 Å². The minimum absolute atomic E-state index is 0.597. The number of nitrogens with zero attached hydrogens (tertiary/aromatic N) is 1. The van der Waals surface area contributed by atoms with Crippen molar-refractivity contribution in [2.45, 2.75) is 13.0 Å². The predicted molar refractivity (Wildman–Crippen MR) is 29.5 cm³/mol. The molecule has 1 nitrogen and oxygen atoms in total. The summed E-state index contributed by atoms with van der Waals surface area (Å²) in [5.41, 5.74) is 1.50. The van der Waals surface area contributed by atoms with E-state index in [0.29, 0.717) is 6.04 Å². The number of hydrogen-bond donors (Lipinski definition) is 0. The Hall–Kier alpha value is -0.590. The summed E-state index contributed by atoms with van der Waals surface area (Å²) in [5.74, 6) is 0.750. The molecule has 0 amide bonds. The van der Waals surface area contributed by atoms with Crippen molar-refractivity contribution in [2.24, 2.45) is 10.9 Å². The zero-order valence-corrected chi connectivity index (χ0v) is 4.26. The van der Waals surface area contributed by atoms with E-state index in [-0.39, 0.29) is 0 Å². The average Bonchev–Trinajstić information content (AvgIpc) is 1.59. The van der Waals surface area contributed by atoms with Crippen molar-refractivity contribution in [3.8, 4) is 0 Å². The third-order valence-electron chi connectivity index (χ3n) is 1.75. The molecule has 0 aromatic heterocycles. The summed E-state index contributed by atoms with van der Waals surface area (Å²) < 4.78 is 0. The summed E-state index contributed by atoms with van der Waals surface area (Å²) in [4.78, 5) is 4.09. The zero-order valence-electron chi connectivity index (χ0n) is 4.26. The van der Waals surface area contributed by atoms with Crippen LogP contribution in [0.5, 0.6) is 0 Å². The average molecular weight is 93.1 g/mol. The third kappa shape index (κ3) is 0.234. The van der Waals surface area contributed by atoms with Gasteiger partial charge in [-0.25, -0.2) is 0 Å². The van der Waals surface area contributed by atoms with Gasteiger partial charge in [-0.2, -0.15) is 0 Å². The molecule has 2 rings (SSSR count). The molecule has 0 radical (unpaired) electrons. The Labute approximate surface area is 42.8 Å². The van der Waals surface area contributed by atoms with Crippen LogP contribution in [0.3, 0.4) is 0 Å². The van der Waals surface area contributed by atoms with Gasteiger partial charge in [-0.3, -0.25) is 4.99 Å². The summed E-state index contributed by atoms with van der Waals surface area (Å²) in [5, 5.41) is 0. The van der Waals surface area contributed by atoms with Crippen molar-refractivity contribution in [3.05, 3.63) is 11.6 Å². The SMILES string of the molecule is CC1=CC2N=CC12. The summed E-state index contributed by atoms with van der Waals surface area (Å²) in [6, 6.07) is 0.597. The zero-order chi connectivity index (χ0) is 4.85. The molecule has 0 aromatic carbocycles. The molecule has 1 aliphatic carbocycles. The van der Waals surface area contributed by atoms with Crippen LogP contribution >= 0.6 is 0 Å². The largest absolute Gasteiger partial charge is 0.288 e. The molecular formula is C6H7N. The summed E-state index contributed by atoms with van der Waals surface area (Å²) in [6.45, 7) is 2.16. The number of rotatable bonds is 0. The Morgan fingerprint density at radius 1 is 1.71 bits per heavy atom. The van der Waals surface area contributed by atoms with Crippen molar-refractivity contribution in [1.82, 2.24) is 0 Å². The van der Waals surface area contributed by atoms with E-state index in [1.54, 1.807) is 0 Å². The fraction of sp³-hybridized carbons (Fsp3) is 0.500. The molecule has 0 N–H and O–H groups in total. The van der Waals surface area contributed by atoms with Crippen LogP contribution < -0.4 is 0 Å². The van der Waals surface area contributed by atoms with Crippen molar-refractivity contribution in [2.75, 3.05) is 0 Å². The van der Waals surface area contributed by atoms with Gasteiger partial charge >= 0.3 is 0 Å². The molecule has 0 saturated carbocycles. The second kappa shape index (κ2) is 0.808. The van der Waals surface area contributed by atoms with E-state index in [1.807, 2.05) is 6.21 Å². The van der Waals surface area contributed by atoms with Gasteiger partial charge in [0.1, 0.15) is 0 Å². The van der Waals surface area contributed by atoms with Crippen molar-refractivity contribution < 1.29 is 0 Å². The second-order valence-corrected chi connectivity index (χ2v) is 2.23. The smallest absolute Gasteiger partial charge is 0.0793 e. The maximum atomic E-state index is 4.09. The molecule has 2 atom stereocenters. The van der Waals surface area contributed by atoms with Gasteiger partial charge in [0.2, 0.25) is 0 Å². The molecule has 0 bridgehead atoms. The molecule has 1 aliphatic heterocycles. The first-order valence-electron chi connectivity index (χ1n) is 2.59. The quantitative estimate of drug-likeness (QED) is 0.396. The van der Waals surface area contributed by atoms with E-state index in [4.69, 9.17) is 0 Å². The van der Waals surface area contributed by atoms with Crippen LogP contribution in [-0.4, -0.2) is 12.3 Å². The van der Waals surface area contributed by atoms with Crippen molar-refractivity contribution in [3.63, 3.8) is 0 Å². The van der Waals surface area contributed by atoms with E-state index in [1.165, 1.54) is 5.57 Å². The van der Waals surface area contributed by atoms with E-state index in [9.17, 15) is 0 Å². The lowest BCUT2D eigenvalue weighted by Crippen LogP contribution is -2.36. The first-order chi connectivity index (χ1) is 3.38. The molecule has 0 spiro atoms. The van der Waals surface area contributed by atoms with E-state index in [2.05, 4.69) is 18.0 Å². The van der Waals surface area contributed by atoms with Crippen molar-refractivity contribution >= 4 is 6.21 Å². The van der Waals surface area contributed by atoms with Crippen LogP contribution in [0.1, 0.15) is 6.92 Å². The summed E-state index contributed by atoms with van der Waals surface area (Å²) in [7, 11) is 0. The van der Waals surface area contributed by atoms with Crippen LogP contribution in [-0.2, 0) is 0 Å². The van der Waals surface area contributed by atoms with Crippen LogP contribution in [0, 0.1) is 5.92 Å². The fourth-order valence-electron chi connectivity index (χ4n) is 1.07. The first kappa shape index (κ1) is 3.42. The molecule has 2 unspecified atom stereocenters. The van der Waals surface area contributed by atoms with Gasteiger partial charge in [-0.15, -0.1) is 0 Å². The lowest BCUT2D eigenvalue weighted by Gasteiger charge is -2.35. The molecule has 1 heterocycles. The van der Waals surface area contributed by atoms with Crippen LogP contribution in [0.2, 0.25) is 0 Å². The van der Waals surface area contributed by atoms with Crippen LogP contribution in [0.4, 0.5) is 0 Å². The normalized spacial score (nSPS) is 43.3. The van der Waals surface area contributed by atoms with Gasteiger partial charge in [-0.05, 0) is 6.92 Å². The van der Waals surface area contributed by atoms with Gasteiger partial charge in [-0.1, -0.05) is 11.6 Å². The number of hydrogen-bond acceptors (Lipinski definition) is 1. The highest BCUT2D eigenvalue weighted by molar-refractivity contribution is 5.76. The second-order valence-electron chi connectivity index (χ2n) is 2.23. The van der Waals surface area contributed by atoms with E-state index < -0.39 is 0 Å². The Balaban J connectivity index is 2.32. The predicted octanol–water partition coefficient (Wildman–Crippen LogP) is 1.02. The van der Waals surface area contributed by atoms with Crippen molar-refractivity contribution in [1.29, 1.82) is 0 Å². The molecule has 0 fully saturated rings. The molecule has 36 valence electrons. The Bertz CT molecular complexity index is 156. The minimum Gasteiger partial charge on any atom is -0.288 e. The molecular weight excluding hydrogens is 86.1 g/mol. The molecule has 1 heteroatoms. The number of aliphatic imine (C=N–C) groups is 1. The Kier molecular flexibility index (Phi) is 0.394. The highest BCUT2D eigenvalue weighted by atomic mass is 14.9. The monoisotopic (exact) mass is 93.1 g/mol. The van der Waals surface area contributed by atoms with Gasteiger partial charge in [0.15, 0.2) is 0 Å². The highest BCUT2D eigenvalue weighted by Crippen LogP contribution is 2.33. The maximum absolute atomic E-state index is 4.09. The number of dihydropyridines is 1. The van der Waals surface area contributed by atoms with Gasteiger partial charge in [0.25, 0.3) is 0 Å². The lowest BCUT2D eigenvalue weighted by atomic mass is 9.78. The first-order valence-corrected chi connectivity index (χ1v) is 2.59. The van der Waals surface area contributed by atoms with Gasteiger partial charge < -0.3 is 0 Å². The Morgan fingerprint density at radius 2 is 2.57 bits per heavy atom. The highest BCUT2D eigenvalue weighted by Gasteiger charge is 2.33.